The fourth-order valence-electron chi connectivity index (χ4n) is 0.769. The third kappa shape index (κ3) is 9.40. The van der Waals surface area contributed by atoms with Crippen molar-refractivity contribution in [3.05, 3.63) is 0 Å². The standard InChI is InChI=1S/C8H17N2O4/c11-4-3-9-1-2-10-8(13)7-14-6-5-12/h9,11H,1-7H2,(H,10,13). The van der Waals surface area contributed by atoms with E-state index in [-0.39, 0.29) is 32.3 Å². The van der Waals surface area contributed by atoms with E-state index in [1.807, 2.05) is 0 Å². The van der Waals surface area contributed by atoms with Gasteiger partial charge in [0.15, 0.2) is 0 Å². The van der Waals surface area contributed by atoms with Crippen LogP contribution in [-0.4, -0.2) is 57.1 Å². The van der Waals surface area contributed by atoms with Crippen molar-refractivity contribution in [3.63, 3.8) is 0 Å². The summed E-state index contributed by atoms with van der Waals surface area (Å²) < 4.78 is 4.74. The van der Waals surface area contributed by atoms with Crippen LogP contribution in [0.2, 0.25) is 0 Å². The summed E-state index contributed by atoms with van der Waals surface area (Å²) in [6, 6.07) is 0. The average molecular weight is 205 g/mol. The lowest BCUT2D eigenvalue weighted by atomic mass is 10.5. The van der Waals surface area contributed by atoms with Crippen molar-refractivity contribution < 1.29 is 19.7 Å². The summed E-state index contributed by atoms with van der Waals surface area (Å²) in [5.41, 5.74) is 0. The van der Waals surface area contributed by atoms with Crippen LogP contribution in [0, 0.1) is 0 Å². The number of rotatable bonds is 9. The molecule has 6 nitrogen and oxygen atoms in total. The average Bonchev–Trinajstić information content (AvgIpc) is 2.18. The largest absolute Gasteiger partial charge is 0.395 e. The molecule has 0 fully saturated rings. The van der Waals surface area contributed by atoms with Crippen molar-refractivity contribution in [2.24, 2.45) is 0 Å². The van der Waals surface area contributed by atoms with Gasteiger partial charge in [-0.15, -0.1) is 0 Å². The predicted octanol–water partition coefficient (Wildman–Crippen LogP) is -1.87. The highest BCUT2D eigenvalue weighted by atomic mass is 16.5. The molecule has 0 rings (SSSR count). The summed E-state index contributed by atoms with van der Waals surface area (Å²) in [7, 11) is 0. The molecule has 6 heteroatoms. The van der Waals surface area contributed by atoms with E-state index < -0.39 is 0 Å². The Morgan fingerprint density at radius 3 is 2.71 bits per heavy atom. The second kappa shape index (κ2) is 10.4. The zero-order valence-corrected chi connectivity index (χ0v) is 8.12. The molecule has 0 aromatic heterocycles. The molecular weight excluding hydrogens is 188 g/mol. The first kappa shape index (κ1) is 13.3. The van der Waals surface area contributed by atoms with Gasteiger partial charge in [-0.05, 0) is 0 Å². The van der Waals surface area contributed by atoms with E-state index in [4.69, 9.17) is 9.84 Å². The van der Waals surface area contributed by atoms with Crippen LogP contribution in [0.1, 0.15) is 0 Å². The molecule has 1 radical (unpaired) electrons. The summed E-state index contributed by atoms with van der Waals surface area (Å²) in [4.78, 5) is 10.9. The van der Waals surface area contributed by atoms with Gasteiger partial charge in [0, 0.05) is 19.6 Å². The topological polar surface area (TPSA) is 90.5 Å². The molecule has 83 valence electrons. The predicted molar refractivity (Wildman–Crippen MR) is 49.3 cm³/mol. The third-order valence-corrected chi connectivity index (χ3v) is 1.37. The summed E-state index contributed by atoms with van der Waals surface area (Å²) in [6.07, 6.45) is 0. The number of hydrogen-bond donors (Lipinski definition) is 3. The maximum absolute atomic E-state index is 10.9. The van der Waals surface area contributed by atoms with E-state index in [9.17, 15) is 9.90 Å². The molecular formula is C8H17N2O4. The van der Waals surface area contributed by atoms with Crippen LogP contribution in [-0.2, 0) is 14.6 Å². The van der Waals surface area contributed by atoms with E-state index in [2.05, 4.69) is 10.6 Å². The molecule has 0 aromatic carbocycles. The molecule has 3 N–H and O–H groups in total. The minimum atomic E-state index is -0.328. The first-order valence-electron chi connectivity index (χ1n) is 4.55. The number of carbonyl (C=O) groups is 1. The van der Waals surface area contributed by atoms with Crippen LogP contribution in [0.3, 0.4) is 0 Å². The summed E-state index contributed by atoms with van der Waals surface area (Å²) >= 11 is 0. The number of amides is 1. The lowest BCUT2D eigenvalue weighted by Gasteiger charge is -2.05. The molecule has 0 saturated heterocycles. The Labute approximate surface area is 83.3 Å². The first-order valence-corrected chi connectivity index (χ1v) is 4.55. The highest BCUT2D eigenvalue weighted by Crippen LogP contribution is 1.74. The fourth-order valence-corrected chi connectivity index (χ4v) is 0.769. The van der Waals surface area contributed by atoms with Crippen LogP contribution >= 0.6 is 0 Å². The monoisotopic (exact) mass is 205 g/mol. The van der Waals surface area contributed by atoms with Crippen LogP contribution in [0.5, 0.6) is 0 Å². The SMILES string of the molecule is [O]CCOCC(=O)NCCNCCO. The quantitative estimate of drug-likeness (QED) is 0.385. The Hall–Kier alpha value is -0.690. The number of aliphatic hydroxyl groups is 1. The lowest BCUT2D eigenvalue weighted by Crippen LogP contribution is -2.35. The normalized spacial score (nSPS) is 10.1. The van der Waals surface area contributed by atoms with Gasteiger partial charge in [-0.1, -0.05) is 0 Å². The van der Waals surface area contributed by atoms with Crippen LogP contribution in [0.4, 0.5) is 0 Å². The number of carbonyl (C=O) groups excluding carboxylic acids is 1. The van der Waals surface area contributed by atoms with Gasteiger partial charge >= 0.3 is 0 Å². The second-order valence-electron chi connectivity index (χ2n) is 2.58. The Bertz CT molecular complexity index is 143. The second-order valence-corrected chi connectivity index (χ2v) is 2.58. The van der Waals surface area contributed by atoms with Crippen molar-refractivity contribution in [2.75, 3.05) is 46.1 Å². The minimum absolute atomic E-state index is 0.0657. The minimum Gasteiger partial charge on any atom is -0.395 e. The van der Waals surface area contributed by atoms with E-state index in [1.165, 1.54) is 0 Å². The highest BCUT2D eigenvalue weighted by Gasteiger charge is 1.99. The molecule has 0 atom stereocenters. The van der Waals surface area contributed by atoms with E-state index in [1.54, 1.807) is 0 Å². The first-order chi connectivity index (χ1) is 6.81. The molecule has 0 aliphatic rings. The Morgan fingerprint density at radius 2 is 2.07 bits per heavy atom. The molecule has 1 amide bonds. The van der Waals surface area contributed by atoms with Crippen LogP contribution in [0.15, 0.2) is 0 Å². The van der Waals surface area contributed by atoms with Crippen molar-refractivity contribution in [1.29, 1.82) is 0 Å². The maximum atomic E-state index is 10.9. The molecule has 0 saturated carbocycles. The Kier molecular flexibility index (Phi) is 9.88. The van der Waals surface area contributed by atoms with Gasteiger partial charge in [0.2, 0.25) is 5.91 Å². The van der Waals surface area contributed by atoms with Crippen molar-refractivity contribution in [1.82, 2.24) is 10.6 Å². The molecule has 0 aliphatic heterocycles. The van der Waals surface area contributed by atoms with Crippen molar-refractivity contribution in [2.45, 2.75) is 0 Å². The number of ether oxygens (including phenoxy) is 1. The smallest absolute Gasteiger partial charge is 0.246 e. The molecule has 0 unspecified atom stereocenters. The van der Waals surface area contributed by atoms with Crippen molar-refractivity contribution >= 4 is 5.91 Å². The van der Waals surface area contributed by atoms with Gasteiger partial charge in [-0.2, -0.15) is 0 Å². The molecule has 0 aromatic rings. The fraction of sp³-hybridized carbons (Fsp3) is 0.875. The van der Waals surface area contributed by atoms with Crippen molar-refractivity contribution in [3.8, 4) is 0 Å². The zero-order valence-electron chi connectivity index (χ0n) is 8.12. The summed E-state index contributed by atoms with van der Waals surface area (Å²) in [6.45, 7) is 1.36. The molecule has 0 heterocycles. The molecule has 14 heavy (non-hydrogen) atoms. The highest BCUT2D eigenvalue weighted by molar-refractivity contribution is 5.77. The maximum Gasteiger partial charge on any atom is 0.246 e. The van der Waals surface area contributed by atoms with Gasteiger partial charge < -0.3 is 20.5 Å². The number of nitrogens with one attached hydrogen (secondary N) is 2. The summed E-state index contributed by atoms with van der Waals surface area (Å²) in [5.74, 6) is -0.232. The Balaban J connectivity index is 3.10. The van der Waals surface area contributed by atoms with Gasteiger partial charge in [0.1, 0.15) is 13.2 Å². The number of hydrogen-bond acceptors (Lipinski definition) is 4. The Morgan fingerprint density at radius 1 is 1.29 bits per heavy atom. The van der Waals surface area contributed by atoms with E-state index in [0.29, 0.717) is 19.6 Å². The molecule has 0 spiro atoms. The van der Waals surface area contributed by atoms with Crippen LogP contribution < -0.4 is 10.6 Å². The van der Waals surface area contributed by atoms with Crippen LogP contribution in [0.25, 0.3) is 0 Å². The summed E-state index contributed by atoms with van der Waals surface area (Å²) in [5, 5.41) is 23.9. The zero-order chi connectivity index (χ0) is 10.6. The lowest BCUT2D eigenvalue weighted by molar-refractivity contribution is -0.126. The third-order valence-electron chi connectivity index (χ3n) is 1.37. The molecule has 0 aliphatic carbocycles. The molecule has 0 bridgehead atoms. The van der Waals surface area contributed by atoms with Gasteiger partial charge in [-0.3, -0.25) is 4.79 Å². The number of aliphatic hydroxyl groups excluding tert-OH is 1. The van der Waals surface area contributed by atoms with Gasteiger partial charge in [0.05, 0.1) is 13.2 Å². The van der Waals surface area contributed by atoms with Gasteiger partial charge in [-0.25, -0.2) is 5.11 Å². The van der Waals surface area contributed by atoms with Gasteiger partial charge in [0.25, 0.3) is 0 Å². The van der Waals surface area contributed by atoms with E-state index in [0.717, 1.165) is 0 Å². The van der Waals surface area contributed by atoms with E-state index >= 15 is 0 Å².